The molecule has 15 heteroatoms. The molecule has 2 fully saturated rings. The number of nitrogens with one attached hydrogen (secondary N) is 2. The fraction of sp³-hybridized carbons (Fsp3) is 0.400. The van der Waals surface area contributed by atoms with Crippen molar-refractivity contribution in [1.29, 1.82) is 0 Å². The lowest BCUT2D eigenvalue weighted by molar-refractivity contribution is -0.384. The van der Waals surface area contributed by atoms with Gasteiger partial charge < -0.3 is 15.4 Å². The number of imide groups is 1. The topological polar surface area (TPSA) is 143 Å². The fourth-order valence-electron chi connectivity index (χ4n) is 6.22. The van der Waals surface area contributed by atoms with Gasteiger partial charge in [0.05, 0.1) is 22.1 Å². The summed E-state index contributed by atoms with van der Waals surface area (Å²) in [5.74, 6) is -0.553. The van der Waals surface area contributed by atoms with Crippen molar-refractivity contribution in [1.82, 2.24) is 19.8 Å². The van der Waals surface area contributed by atoms with Crippen LogP contribution in [0.4, 0.5) is 30.6 Å². The van der Waals surface area contributed by atoms with Crippen LogP contribution in [0.15, 0.2) is 54.7 Å². The largest absolute Gasteiger partial charge is 0.573 e. The minimum Gasteiger partial charge on any atom is -0.405 e. The number of carbonyl (C=O) groups is 2. The molecule has 0 unspecified atom stereocenters. The number of nitro groups is 1. The van der Waals surface area contributed by atoms with E-state index in [1.165, 1.54) is 23.1 Å². The third-order valence-electron chi connectivity index (χ3n) is 8.57. The molecule has 0 spiro atoms. The first kappa shape index (κ1) is 30.2. The van der Waals surface area contributed by atoms with Gasteiger partial charge in [-0.1, -0.05) is 30.3 Å². The molecule has 236 valence electrons. The van der Waals surface area contributed by atoms with Gasteiger partial charge in [-0.2, -0.15) is 4.98 Å². The van der Waals surface area contributed by atoms with E-state index < -0.39 is 11.3 Å². The number of ether oxygens (including phenoxy) is 1. The van der Waals surface area contributed by atoms with Gasteiger partial charge in [0.2, 0.25) is 11.8 Å². The Morgan fingerprint density at radius 2 is 1.58 bits per heavy atom. The van der Waals surface area contributed by atoms with E-state index in [1.54, 1.807) is 30.3 Å². The molecule has 6 rings (SSSR count). The lowest BCUT2D eigenvalue weighted by Gasteiger charge is -2.48. The molecular weight excluding hydrogens is 595 g/mol. The summed E-state index contributed by atoms with van der Waals surface area (Å²) in [5.41, 5.74) is 0.818. The number of aromatic nitrogens is 2. The number of amides is 2. The summed E-state index contributed by atoms with van der Waals surface area (Å²) in [5, 5.41) is 17.5. The van der Waals surface area contributed by atoms with Crippen LogP contribution in [0.1, 0.15) is 52.0 Å². The Labute approximate surface area is 255 Å². The van der Waals surface area contributed by atoms with Crippen LogP contribution < -0.4 is 15.4 Å². The van der Waals surface area contributed by atoms with Gasteiger partial charge in [0.1, 0.15) is 11.9 Å². The number of hydrogen-bond acceptors (Lipinski definition) is 10. The van der Waals surface area contributed by atoms with Crippen molar-refractivity contribution < 1.29 is 32.4 Å². The highest BCUT2D eigenvalue weighted by atomic mass is 19.4. The zero-order chi connectivity index (χ0) is 31.7. The maximum Gasteiger partial charge on any atom is 0.573 e. The van der Waals surface area contributed by atoms with E-state index in [2.05, 4.69) is 30.2 Å². The second-order valence-corrected chi connectivity index (χ2v) is 11.4. The smallest absolute Gasteiger partial charge is 0.405 e. The summed E-state index contributed by atoms with van der Waals surface area (Å²) < 4.78 is 42.3. The SMILES string of the molecule is O=C1c2ccccc2C(=O)N1C1CN([C@H]2CC[C@H](CNc3nc(NCc4ccccc4OC(F)(F)F)ncc3[N+](=O)[O-])CC2)C1. The number of rotatable bonds is 10. The molecule has 2 aromatic carbocycles. The van der Waals surface area contributed by atoms with Crippen LogP contribution in [0.2, 0.25) is 0 Å². The van der Waals surface area contributed by atoms with E-state index in [0.717, 1.165) is 31.9 Å². The van der Waals surface area contributed by atoms with E-state index in [-0.39, 0.29) is 59.1 Å². The van der Waals surface area contributed by atoms with Crippen molar-refractivity contribution in [2.24, 2.45) is 5.92 Å². The van der Waals surface area contributed by atoms with Gasteiger partial charge in [-0.3, -0.25) is 29.5 Å². The summed E-state index contributed by atoms with van der Waals surface area (Å²) in [6.45, 7) is 1.64. The Balaban J connectivity index is 0.998. The van der Waals surface area contributed by atoms with Crippen molar-refractivity contribution in [2.45, 2.75) is 50.7 Å². The fourth-order valence-corrected chi connectivity index (χ4v) is 6.22. The van der Waals surface area contributed by atoms with Gasteiger partial charge in [-0.15, -0.1) is 13.2 Å². The molecule has 2 amide bonds. The molecule has 3 heterocycles. The first-order valence-electron chi connectivity index (χ1n) is 14.6. The molecule has 1 aliphatic carbocycles. The maximum atomic E-state index is 12.8. The van der Waals surface area contributed by atoms with Crippen LogP contribution in [0, 0.1) is 16.0 Å². The molecule has 3 aliphatic rings. The van der Waals surface area contributed by atoms with Gasteiger partial charge in [0, 0.05) is 37.8 Å². The normalized spacial score (nSPS) is 20.5. The van der Waals surface area contributed by atoms with Crippen molar-refractivity contribution in [3.8, 4) is 5.75 Å². The summed E-state index contributed by atoms with van der Waals surface area (Å²) in [4.78, 5) is 48.5. The standard InChI is InChI=1S/C30H30F3N7O5/c31-30(32,33)45-25-8-4-1-5-19(25)14-35-29-36-15-24(40(43)44)26(37-29)34-13-18-9-11-20(12-10-18)38-16-21(17-38)39-27(41)22-6-2-3-7-23(22)28(39)42/h1-8,15,18,20-21H,9-14,16-17H2,(H2,34,35,36,37)/t18-,20-. The lowest BCUT2D eigenvalue weighted by Crippen LogP contribution is -2.63. The highest BCUT2D eigenvalue weighted by molar-refractivity contribution is 6.21. The zero-order valence-electron chi connectivity index (χ0n) is 24.0. The maximum absolute atomic E-state index is 12.8. The Morgan fingerprint density at radius 1 is 0.933 bits per heavy atom. The Bertz CT molecular complexity index is 1570. The highest BCUT2D eigenvalue weighted by Gasteiger charge is 2.46. The number of anilines is 2. The number of benzene rings is 2. The summed E-state index contributed by atoms with van der Waals surface area (Å²) >= 11 is 0. The third kappa shape index (κ3) is 6.53. The van der Waals surface area contributed by atoms with E-state index in [4.69, 9.17) is 0 Å². The minimum absolute atomic E-state index is 0.0130. The van der Waals surface area contributed by atoms with Crippen LogP contribution in [-0.4, -0.2) is 74.6 Å². The molecule has 1 saturated carbocycles. The number of halogens is 3. The molecule has 2 N–H and O–H groups in total. The monoisotopic (exact) mass is 625 g/mol. The van der Waals surface area contributed by atoms with Crippen LogP contribution >= 0.6 is 0 Å². The van der Waals surface area contributed by atoms with E-state index >= 15 is 0 Å². The highest BCUT2D eigenvalue weighted by Crippen LogP contribution is 2.34. The van der Waals surface area contributed by atoms with Gasteiger partial charge >= 0.3 is 12.0 Å². The van der Waals surface area contributed by atoms with Crippen molar-refractivity contribution in [2.75, 3.05) is 30.3 Å². The first-order chi connectivity index (χ1) is 21.6. The number of alkyl halides is 3. The minimum atomic E-state index is -4.85. The van der Waals surface area contributed by atoms with E-state index in [0.29, 0.717) is 36.8 Å². The molecule has 12 nitrogen and oxygen atoms in total. The summed E-state index contributed by atoms with van der Waals surface area (Å²) in [6, 6.07) is 12.7. The number of para-hydroxylation sites is 1. The van der Waals surface area contributed by atoms with E-state index in [9.17, 15) is 32.9 Å². The van der Waals surface area contributed by atoms with Gasteiger partial charge in [-0.25, -0.2) is 4.98 Å². The number of fused-ring (bicyclic) bond motifs is 1. The number of carbonyl (C=O) groups excluding carboxylic acids is 2. The first-order valence-corrected chi connectivity index (χ1v) is 14.6. The quantitative estimate of drug-likeness (QED) is 0.182. The predicted molar refractivity (Wildman–Crippen MR) is 156 cm³/mol. The number of hydrogen-bond donors (Lipinski definition) is 2. The molecule has 2 aliphatic heterocycles. The number of likely N-dealkylation sites (tertiary alicyclic amines) is 1. The molecule has 1 aromatic heterocycles. The zero-order valence-corrected chi connectivity index (χ0v) is 24.0. The van der Waals surface area contributed by atoms with Crippen LogP contribution in [0.3, 0.4) is 0 Å². The molecule has 45 heavy (non-hydrogen) atoms. The predicted octanol–water partition coefficient (Wildman–Crippen LogP) is 4.85. The van der Waals surface area contributed by atoms with Crippen LogP contribution in [0.5, 0.6) is 5.75 Å². The average Bonchev–Trinajstić information content (AvgIpc) is 3.24. The second-order valence-electron chi connectivity index (χ2n) is 11.4. The summed E-state index contributed by atoms with van der Waals surface area (Å²) in [6.07, 6.45) is -0.201. The van der Waals surface area contributed by atoms with Crippen LogP contribution in [-0.2, 0) is 6.54 Å². The third-order valence-corrected chi connectivity index (χ3v) is 8.57. The van der Waals surface area contributed by atoms with Crippen molar-refractivity contribution in [3.05, 3.63) is 81.5 Å². The van der Waals surface area contributed by atoms with E-state index in [1.807, 2.05) is 0 Å². The second kappa shape index (κ2) is 12.3. The molecule has 0 atom stereocenters. The van der Waals surface area contributed by atoms with Gasteiger partial charge in [0.15, 0.2) is 0 Å². The Hall–Kier alpha value is -4.79. The summed E-state index contributed by atoms with van der Waals surface area (Å²) in [7, 11) is 0. The lowest BCUT2D eigenvalue weighted by atomic mass is 9.83. The molecule has 1 saturated heterocycles. The Kier molecular flexibility index (Phi) is 8.27. The van der Waals surface area contributed by atoms with Gasteiger partial charge in [-0.05, 0) is 49.8 Å². The Morgan fingerprint density at radius 3 is 2.22 bits per heavy atom. The van der Waals surface area contributed by atoms with Crippen molar-refractivity contribution in [3.63, 3.8) is 0 Å². The molecule has 3 aromatic rings. The molecule has 0 bridgehead atoms. The van der Waals surface area contributed by atoms with Crippen molar-refractivity contribution >= 4 is 29.3 Å². The molecular formula is C30H30F3N7O5. The van der Waals surface area contributed by atoms with Crippen LogP contribution in [0.25, 0.3) is 0 Å². The number of nitrogens with zero attached hydrogens (tertiary/aromatic N) is 5. The molecule has 0 radical (unpaired) electrons. The van der Waals surface area contributed by atoms with Gasteiger partial charge in [0.25, 0.3) is 11.8 Å². The average molecular weight is 626 g/mol.